The minimum absolute atomic E-state index is 0.110. The van der Waals surface area contributed by atoms with E-state index in [0.29, 0.717) is 17.8 Å². The number of hydrogen-bond donors (Lipinski definition) is 1. The van der Waals surface area contributed by atoms with Gasteiger partial charge in [0.1, 0.15) is 11.4 Å². The molecule has 0 spiro atoms. The van der Waals surface area contributed by atoms with Crippen LogP contribution < -0.4 is 10.2 Å². The van der Waals surface area contributed by atoms with Crippen LogP contribution in [0.4, 0.5) is 10.1 Å². The second-order valence-corrected chi connectivity index (χ2v) is 9.54. The topological polar surface area (TPSA) is 58.3 Å². The van der Waals surface area contributed by atoms with Crippen LogP contribution >= 0.6 is 0 Å². The highest BCUT2D eigenvalue weighted by atomic mass is 19.1. The summed E-state index contributed by atoms with van der Waals surface area (Å²) < 4.78 is 17.0. The molecule has 37 heavy (non-hydrogen) atoms. The Morgan fingerprint density at radius 3 is 2.24 bits per heavy atom. The van der Waals surface area contributed by atoms with Crippen molar-refractivity contribution in [1.82, 2.24) is 24.6 Å². The number of piperazine rings is 1. The number of nitrogens with zero attached hydrogens (tertiary/aromatic N) is 5. The minimum Gasteiger partial charge on any atom is -0.369 e. The zero-order chi connectivity index (χ0) is 25.8. The van der Waals surface area contributed by atoms with E-state index < -0.39 is 0 Å². The Hall–Kier alpha value is -3.91. The molecule has 1 fully saturated rings. The van der Waals surface area contributed by atoms with Crippen LogP contribution in [-0.4, -0.2) is 64.4 Å². The van der Waals surface area contributed by atoms with Crippen molar-refractivity contribution in [2.24, 2.45) is 0 Å². The van der Waals surface area contributed by atoms with Crippen LogP contribution in [0.3, 0.4) is 0 Å². The second kappa shape index (κ2) is 11.0. The van der Waals surface area contributed by atoms with Gasteiger partial charge in [-0.05, 0) is 75.3 Å². The number of benzene rings is 2. The molecule has 1 N–H and O–H groups in total. The molecule has 192 valence electrons. The summed E-state index contributed by atoms with van der Waals surface area (Å²) in [5.74, 6) is 0.420. The number of amides is 1. The summed E-state index contributed by atoms with van der Waals surface area (Å²) in [6, 6.07) is 18.7. The molecule has 7 nitrogen and oxygen atoms in total. The van der Waals surface area contributed by atoms with Crippen LogP contribution in [-0.2, 0) is 0 Å². The predicted molar refractivity (Wildman–Crippen MR) is 144 cm³/mol. The van der Waals surface area contributed by atoms with Gasteiger partial charge >= 0.3 is 0 Å². The van der Waals surface area contributed by atoms with Gasteiger partial charge in [0.2, 0.25) is 0 Å². The van der Waals surface area contributed by atoms with Crippen molar-refractivity contribution in [3.05, 3.63) is 95.7 Å². The molecule has 0 bridgehead atoms. The van der Waals surface area contributed by atoms with E-state index in [1.165, 1.54) is 17.7 Å². The Kier molecular flexibility index (Phi) is 7.37. The molecule has 8 heteroatoms. The predicted octanol–water partition coefficient (Wildman–Crippen LogP) is 4.36. The number of anilines is 1. The fourth-order valence-electron chi connectivity index (χ4n) is 4.84. The molecule has 4 aromatic rings. The summed E-state index contributed by atoms with van der Waals surface area (Å²) in [5.41, 5.74) is 4.43. The van der Waals surface area contributed by atoms with Crippen molar-refractivity contribution in [2.45, 2.75) is 20.3 Å². The van der Waals surface area contributed by atoms with E-state index in [1.54, 1.807) is 0 Å². The molecule has 2 aromatic heterocycles. The van der Waals surface area contributed by atoms with Gasteiger partial charge in [0.25, 0.3) is 5.91 Å². The average molecular weight is 501 g/mol. The first-order chi connectivity index (χ1) is 18.0. The summed E-state index contributed by atoms with van der Waals surface area (Å²) in [4.78, 5) is 18.0. The largest absolute Gasteiger partial charge is 0.369 e. The molecular formula is C29H33FN6O. The van der Waals surface area contributed by atoms with Gasteiger partial charge in [-0.15, -0.1) is 0 Å². The zero-order valence-electron chi connectivity index (χ0n) is 21.4. The molecule has 0 atom stereocenters. The lowest BCUT2D eigenvalue weighted by atomic mass is 10.2. The van der Waals surface area contributed by atoms with E-state index in [2.05, 4.69) is 22.0 Å². The van der Waals surface area contributed by atoms with Crippen LogP contribution in [0.1, 0.15) is 28.0 Å². The van der Waals surface area contributed by atoms with E-state index in [-0.39, 0.29) is 11.7 Å². The van der Waals surface area contributed by atoms with E-state index in [4.69, 9.17) is 5.10 Å². The monoisotopic (exact) mass is 500 g/mol. The van der Waals surface area contributed by atoms with Crippen molar-refractivity contribution < 1.29 is 9.18 Å². The Bertz CT molecular complexity index is 1320. The fourth-order valence-corrected chi connectivity index (χ4v) is 4.84. The summed E-state index contributed by atoms with van der Waals surface area (Å²) >= 11 is 0. The molecule has 1 saturated heterocycles. The highest BCUT2D eigenvalue weighted by Gasteiger charge is 2.24. The molecule has 5 rings (SSSR count). The Labute approximate surface area is 217 Å². The number of aromatic nitrogens is 3. The second-order valence-electron chi connectivity index (χ2n) is 9.54. The number of aryl methyl sites for hydroxylation is 2. The summed E-state index contributed by atoms with van der Waals surface area (Å²) in [7, 11) is 0. The number of nitrogens with one attached hydrogen (secondary N) is 1. The van der Waals surface area contributed by atoms with E-state index in [0.717, 1.165) is 56.3 Å². The summed E-state index contributed by atoms with van der Waals surface area (Å²) in [5, 5.41) is 7.84. The van der Waals surface area contributed by atoms with Crippen molar-refractivity contribution in [1.29, 1.82) is 0 Å². The first-order valence-electron chi connectivity index (χ1n) is 12.8. The third-order valence-corrected chi connectivity index (χ3v) is 6.89. The number of carbonyl (C=O) groups is 1. The quantitative estimate of drug-likeness (QED) is 0.365. The lowest BCUT2D eigenvalue weighted by Crippen LogP contribution is -2.47. The van der Waals surface area contributed by atoms with E-state index in [9.17, 15) is 9.18 Å². The van der Waals surface area contributed by atoms with Crippen LogP contribution in [0.5, 0.6) is 0 Å². The molecular weight excluding hydrogens is 467 g/mol. The van der Waals surface area contributed by atoms with Gasteiger partial charge in [0, 0.05) is 50.8 Å². The minimum atomic E-state index is -0.206. The van der Waals surface area contributed by atoms with Crippen LogP contribution in [0.25, 0.3) is 11.5 Å². The maximum Gasteiger partial charge on any atom is 0.256 e. The molecule has 0 aliphatic carbocycles. The molecule has 0 unspecified atom stereocenters. The van der Waals surface area contributed by atoms with Gasteiger partial charge in [-0.3, -0.25) is 9.69 Å². The van der Waals surface area contributed by atoms with Crippen molar-refractivity contribution in [3.8, 4) is 11.5 Å². The third-order valence-electron chi connectivity index (χ3n) is 6.89. The third kappa shape index (κ3) is 5.59. The zero-order valence-corrected chi connectivity index (χ0v) is 21.4. The Balaban J connectivity index is 1.19. The summed E-state index contributed by atoms with van der Waals surface area (Å²) in [6.45, 7) is 9.17. The van der Waals surface area contributed by atoms with Gasteiger partial charge in [-0.1, -0.05) is 17.7 Å². The smallest absolute Gasteiger partial charge is 0.256 e. The number of rotatable bonds is 8. The maximum atomic E-state index is 13.3. The van der Waals surface area contributed by atoms with Crippen molar-refractivity contribution in [3.63, 3.8) is 0 Å². The lowest BCUT2D eigenvalue weighted by Gasteiger charge is -2.36. The number of carbonyl (C=O) groups excluding carboxylic acids is 1. The Morgan fingerprint density at radius 1 is 0.919 bits per heavy atom. The standard InChI is InChI=1S/C29H33FN6O/c1-22-6-10-26(11-7-22)36-29(35-16-3-4-17-35)27(23(2)32-36)28(37)31-14-5-15-33-18-20-34(21-19-33)25-12-8-24(30)9-13-25/h3-4,6-13,16-17H,5,14-15,18-21H2,1-2H3,(H,31,37). The molecule has 1 aliphatic rings. The summed E-state index contributed by atoms with van der Waals surface area (Å²) in [6.07, 6.45) is 4.74. The van der Waals surface area contributed by atoms with Gasteiger partial charge in [0.05, 0.1) is 11.4 Å². The molecule has 1 amide bonds. The van der Waals surface area contributed by atoms with Crippen molar-refractivity contribution in [2.75, 3.05) is 44.2 Å². The lowest BCUT2D eigenvalue weighted by molar-refractivity contribution is 0.0951. The Morgan fingerprint density at radius 2 is 1.57 bits per heavy atom. The van der Waals surface area contributed by atoms with Crippen LogP contribution in [0.15, 0.2) is 73.1 Å². The van der Waals surface area contributed by atoms with E-state index >= 15 is 0 Å². The van der Waals surface area contributed by atoms with Gasteiger partial charge in [-0.2, -0.15) is 5.10 Å². The SMILES string of the molecule is Cc1ccc(-n2nc(C)c(C(=O)NCCCN3CCN(c4ccc(F)cc4)CC3)c2-n2cccc2)cc1. The highest BCUT2D eigenvalue weighted by molar-refractivity contribution is 5.98. The molecule has 3 heterocycles. The normalized spacial score (nSPS) is 14.2. The molecule has 0 saturated carbocycles. The molecule has 0 radical (unpaired) electrons. The van der Waals surface area contributed by atoms with Gasteiger partial charge in [0.15, 0.2) is 5.82 Å². The van der Waals surface area contributed by atoms with E-state index in [1.807, 2.05) is 77.1 Å². The molecule has 1 aliphatic heterocycles. The number of hydrogen-bond acceptors (Lipinski definition) is 4. The van der Waals surface area contributed by atoms with Crippen LogP contribution in [0.2, 0.25) is 0 Å². The molecule has 2 aromatic carbocycles. The number of halogens is 1. The van der Waals surface area contributed by atoms with Crippen LogP contribution in [0, 0.1) is 19.7 Å². The average Bonchev–Trinajstić information content (AvgIpc) is 3.56. The highest BCUT2D eigenvalue weighted by Crippen LogP contribution is 2.23. The maximum absolute atomic E-state index is 13.3. The first kappa shape index (κ1) is 24.8. The van der Waals surface area contributed by atoms with Crippen molar-refractivity contribution >= 4 is 11.6 Å². The fraction of sp³-hybridized carbons (Fsp3) is 0.310. The first-order valence-corrected chi connectivity index (χ1v) is 12.8. The van der Waals surface area contributed by atoms with Gasteiger partial charge < -0.3 is 14.8 Å². The van der Waals surface area contributed by atoms with Gasteiger partial charge in [-0.25, -0.2) is 9.07 Å².